The van der Waals surface area contributed by atoms with Gasteiger partial charge in [0.1, 0.15) is 6.10 Å². The van der Waals surface area contributed by atoms with Crippen molar-refractivity contribution < 1.29 is 14.3 Å². The first-order chi connectivity index (χ1) is 16.3. The van der Waals surface area contributed by atoms with E-state index in [2.05, 4.69) is 43.4 Å². The van der Waals surface area contributed by atoms with Gasteiger partial charge in [-0.05, 0) is 37.1 Å². The van der Waals surface area contributed by atoms with Crippen LogP contribution in [0.25, 0.3) is 11.4 Å². The molecule has 3 heterocycles. The van der Waals surface area contributed by atoms with Gasteiger partial charge < -0.3 is 10.1 Å². The van der Waals surface area contributed by atoms with E-state index in [1.807, 2.05) is 13.9 Å². The van der Waals surface area contributed by atoms with Crippen molar-refractivity contribution in [3.05, 3.63) is 54.4 Å². The summed E-state index contributed by atoms with van der Waals surface area (Å²) in [5.74, 6) is 2.52. The fourth-order valence-corrected chi connectivity index (χ4v) is 3.11. The van der Waals surface area contributed by atoms with E-state index in [0.717, 1.165) is 11.2 Å². The van der Waals surface area contributed by atoms with Crippen LogP contribution in [-0.2, 0) is 16.6 Å². The van der Waals surface area contributed by atoms with E-state index in [9.17, 15) is 9.59 Å². The van der Waals surface area contributed by atoms with Crippen LogP contribution >= 0.6 is 0 Å². The fraction of sp³-hybridized carbons (Fsp3) is 0.217. The first-order valence-corrected chi connectivity index (χ1v) is 10.5. The molecule has 0 fully saturated rings. The van der Waals surface area contributed by atoms with E-state index >= 15 is 0 Å². The van der Waals surface area contributed by atoms with E-state index in [-0.39, 0.29) is 12.3 Å². The minimum Gasteiger partial charge on any atom is -0.441 e. The minimum absolute atomic E-state index is 0.200. The Morgan fingerprint density at radius 1 is 1.26 bits per heavy atom. The van der Waals surface area contributed by atoms with Gasteiger partial charge in [0.15, 0.2) is 19.4 Å². The first-order valence-electron chi connectivity index (χ1n) is 10.5. The van der Waals surface area contributed by atoms with Crippen LogP contribution in [0.2, 0.25) is 0 Å². The molecule has 2 amide bonds. The number of terminal acetylenes is 1. The normalized spacial score (nSPS) is 11.2. The number of aryl methyl sites for hydroxylation is 1. The minimum atomic E-state index is -0.667. The van der Waals surface area contributed by atoms with Crippen LogP contribution in [0.4, 0.5) is 16.3 Å². The molecule has 1 atom stereocenters. The highest BCUT2D eigenvalue weighted by molar-refractivity contribution is 6.31. The van der Waals surface area contributed by atoms with Crippen LogP contribution in [0.15, 0.2) is 48.8 Å². The lowest BCUT2D eigenvalue weighted by Gasteiger charge is -2.16. The number of aromatic nitrogens is 5. The highest BCUT2D eigenvalue weighted by Crippen LogP contribution is 2.25. The lowest BCUT2D eigenvalue weighted by atomic mass is 9.95. The second-order valence-electron chi connectivity index (χ2n) is 7.49. The number of amides is 2. The van der Waals surface area contributed by atoms with E-state index in [4.69, 9.17) is 11.2 Å². The van der Waals surface area contributed by atoms with Crippen molar-refractivity contribution in [3.63, 3.8) is 0 Å². The Morgan fingerprint density at radius 2 is 2.06 bits per heavy atom. The third-order valence-electron chi connectivity index (χ3n) is 4.96. The summed E-state index contributed by atoms with van der Waals surface area (Å²) >= 11 is 0. The summed E-state index contributed by atoms with van der Waals surface area (Å²) in [6.45, 7) is 5.44. The van der Waals surface area contributed by atoms with E-state index < -0.39 is 12.2 Å². The third kappa shape index (κ3) is 6.07. The number of nitrogens with zero attached hydrogens (tertiary/aromatic N) is 5. The number of anilines is 2. The lowest BCUT2D eigenvalue weighted by molar-refractivity contribution is -0.116. The number of hydrogen-bond acceptors (Lipinski definition) is 7. The number of ether oxygens (including phenoxy) is 1. The van der Waals surface area contributed by atoms with Crippen molar-refractivity contribution >= 4 is 36.9 Å². The van der Waals surface area contributed by atoms with E-state index in [1.165, 1.54) is 10.9 Å². The number of hydrogen-bond donors (Lipinski definition) is 2. The molecular weight excluding hydrogens is 433 g/mol. The van der Waals surface area contributed by atoms with Gasteiger partial charge in [-0.1, -0.05) is 23.8 Å². The molecule has 0 aliphatic rings. The average molecular weight is 457 g/mol. The smallest absolute Gasteiger partial charge is 0.413 e. The van der Waals surface area contributed by atoms with Crippen LogP contribution < -0.4 is 16.2 Å². The van der Waals surface area contributed by atoms with Gasteiger partial charge in [0.05, 0.1) is 17.6 Å². The molecule has 0 aromatic carbocycles. The molecule has 0 aliphatic heterocycles. The van der Waals surface area contributed by atoms with E-state index in [1.54, 1.807) is 38.4 Å². The summed E-state index contributed by atoms with van der Waals surface area (Å²) in [6, 6.07) is 6.99. The lowest BCUT2D eigenvalue weighted by Crippen LogP contribution is -2.23. The van der Waals surface area contributed by atoms with Crippen LogP contribution in [0.5, 0.6) is 0 Å². The number of allylic oxidation sites excluding steroid dienone is 1. The Labute approximate surface area is 198 Å². The van der Waals surface area contributed by atoms with Crippen molar-refractivity contribution in [2.45, 2.75) is 25.9 Å². The van der Waals surface area contributed by atoms with Gasteiger partial charge in [-0.3, -0.25) is 20.1 Å². The van der Waals surface area contributed by atoms with Gasteiger partial charge in [0.2, 0.25) is 5.91 Å². The molecule has 34 heavy (non-hydrogen) atoms. The monoisotopic (exact) mass is 457 g/mol. The molecule has 0 radical (unpaired) electrons. The van der Waals surface area contributed by atoms with Crippen molar-refractivity contribution in [3.8, 4) is 23.7 Å². The fourth-order valence-electron chi connectivity index (χ4n) is 3.11. The van der Waals surface area contributed by atoms with Crippen LogP contribution in [0.1, 0.15) is 31.4 Å². The largest absolute Gasteiger partial charge is 0.441 e. The van der Waals surface area contributed by atoms with Gasteiger partial charge >= 0.3 is 6.09 Å². The zero-order valence-corrected chi connectivity index (χ0v) is 19.2. The molecule has 0 saturated heterocycles. The molecule has 0 spiro atoms. The first kappa shape index (κ1) is 24.2. The summed E-state index contributed by atoms with van der Waals surface area (Å²) in [5, 5.41) is 13.5. The summed E-state index contributed by atoms with van der Waals surface area (Å²) in [5.41, 5.74) is 3.48. The van der Waals surface area contributed by atoms with Crippen LogP contribution in [0, 0.1) is 12.3 Å². The molecule has 11 heteroatoms. The standard InChI is InChI=1S/C23H24BN7O3/c1-5-14(2)8-11-19(32)27-16-9-10-18(26-13-16)20-22(31(4)30-29-20)28-23(33)34-15(3)17-7-6-12-25-21(17)24/h1,6-7,9-10,12-13,15H,2,8,11,24H2,3-4H3,(H,27,32)(H,28,33). The number of nitrogens with one attached hydrogen (secondary N) is 2. The Hall–Kier alpha value is -4.46. The predicted molar refractivity (Wildman–Crippen MR) is 131 cm³/mol. The van der Waals surface area contributed by atoms with Gasteiger partial charge in [0, 0.05) is 30.8 Å². The van der Waals surface area contributed by atoms with Crippen LogP contribution in [0.3, 0.4) is 0 Å². The predicted octanol–water partition coefficient (Wildman–Crippen LogP) is 1.75. The average Bonchev–Trinajstić information content (AvgIpc) is 3.18. The second kappa shape index (κ2) is 10.9. The molecule has 172 valence electrons. The van der Waals surface area contributed by atoms with Crippen LogP contribution in [-0.4, -0.2) is 44.8 Å². The van der Waals surface area contributed by atoms with Gasteiger partial charge in [0.25, 0.3) is 0 Å². The highest BCUT2D eigenvalue weighted by atomic mass is 16.6. The molecule has 3 aromatic heterocycles. The molecule has 2 N–H and O–H groups in total. The number of pyridine rings is 2. The van der Waals surface area contributed by atoms with E-state index in [0.29, 0.717) is 34.9 Å². The summed E-state index contributed by atoms with van der Waals surface area (Å²) < 4.78 is 6.91. The second-order valence-corrected chi connectivity index (χ2v) is 7.49. The highest BCUT2D eigenvalue weighted by Gasteiger charge is 2.20. The summed E-state index contributed by atoms with van der Waals surface area (Å²) in [6.07, 6.45) is 7.88. The summed E-state index contributed by atoms with van der Waals surface area (Å²) in [7, 11) is 3.49. The zero-order chi connectivity index (χ0) is 24.7. The van der Waals surface area contributed by atoms with Gasteiger partial charge in [-0.2, -0.15) is 0 Å². The number of carbonyl (C=O) groups excluding carboxylic acids is 2. The molecule has 0 aliphatic carbocycles. The van der Waals surface area contributed by atoms with Crippen molar-refractivity contribution in [2.75, 3.05) is 10.6 Å². The maximum absolute atomic E-state index is 12.5. The SMILES string of the molecule is Bc1ncccc1C(C)OC(=O)Nc1c(-c2ccc(NC(=O)CCC(=C)C#C)cn2)nnn1C. The molecule has 3 aromatic rings. The third-order valence-corrected chi connectivity index (χ3v) is 4.96. The van der Waals surface area contributed by atoms with Gasteiger partial charge in [-0.25, -0.2) is 9.48 Å². The summed E-state index contributed by atoms with van der Waals surface area (Å²) in [4.78, 5) is 33.1. The molecule has 10 nitrogen and oxygen atoms in total. The Kier molecular flexibility index (Phi) is 7.77. The van der Waals surface area contributed by atoms with Crippen molar-refractivity contribution in [2.24, 2.45) is 7.05 Å². The van der Waals surface area contributed by atoms with Gasteiger partial charge in [-0.15, -0.1) is 11.5 Å². The molecule has 3 rings (SSSR count). The maximum atomic E-state index is 12.5. The van der Waals surface area contributed by atoms with Crippen molar-refractivity contribution in [1.82, 2.24) is 25.0 Å². The number of rotatable bonds is 8. The molecular formula is C23H24BN7O3. The quantitative estimate of drug-likeness (QED) is 0.390. The maximum Gasteiger partial charge on any atom is 0.413 e. The molecule has 1 unspecified atom stereocenters. The number of carbonyl (C=O) groups is 2. The van der Waals surface area contributed by atoms with Crippen molar-refractivity contribution in [1.29, 1.82) is 0 Å². The molecule has 0 saturated carbocycles. The Morgan fingerprint density at radius 3 is 2.74 bits per heavy atom. The molecule has 0 bridgehead atoms. The zero-order valence-electron chi connectivity index (χ0n) is 19.2. The Balaban J connectivity index is 1.66. The topological polar surface area (TPSA) is 124 Å². The Bertz CT molecular complexity index is 1250.